The van der Waals surface area contributed by atoms with E-state index in [0.717, 1.165) is 17.0 Å². The minimum atomic E-state index is -0.159. The molecule has 0 aliphatic heterocycles. The third kappa shape index (κ3) is 4.42. The van der Waals surface area contributed by atoms with Crippen molar-refractivity contribution in [3.63, 3.8) is 0 Å². The van der Waals surface area contributed by atoms with Crippen molar-refractivity contribution in [2.75, 3.05) is 6.54 Å². The Morgan fingerprint density at radius 3 is 2.63 bits per heavy atom. The summed E-state index contributed by atoms with van der Waals surface area (Å²) in [4.78, 5) is 19.3. The predicted octanol–water partition coefficient (Wildman–Crippen LogP) is 5.57. The second-order valence-corrected chi connectivity index (χ2v) is 7.88. The Morgan fingerprint density at radius 1 is 1.10 bits per heavy atom. The molecule has 0 saturated carbocycles. The first kappa shape index (κ1) is 20.3. The van der Waals surface area contributed by atoms with Gasteiger partial charge in [0.2, 0.25) is 11.8 Å². The van der Waals surface area contributed by atoms with E-state index < -0.39 is 0 Å². The van der Waals surface area contributed by atoms with Crippen LogP contribution in [0.4, 0.5) is 0 Å². The molecule has 0 saturated heterocycles. The molecule has 2 heterocycles. The Balaban J connectivity index is 1.53. The molecule has 0 atom stereocenters. The Morgan fingerprint density at radius 2 is 1.87 bits per heavy atom. The van der Waals surface area contributed by atoms with E-state index in [4.69, 9.17) is 16.0 Å². The van der Waals surface area contributed by atoms with Gasteiger partial charge in [0.15, 0.2) is 0 Å². The summed E-state index contributed by atoms with van der Waals surface area (Å²) in [5.41, 5.74) is 2.07. The number of rotatable bonds is 7. The molecule has 0 aliphatic rings. The van der Waals surface area contributed by atoms with Crippen LogP contribution in [-0.4, -0.2) is 32.5 Å². The first-order valence-electron chi connectivity index (χ1n) is 9.53. The molecular formula is C22H19ClN4O2S. The van der Waals surface area contributed by atoms with Gasteiger partial charge >= 0.3 is 0 Å². The van der Waals surface area contributed by atoms with Crippen molar-refractivity contribution in [3.8, 4) is 22.0 Å². The molecule has 2 aromatic heterocycles. The molecule has 0 unspecified atom stereocenters. The molecule has 8 heteroatoms. The van der Waals surface area contributed by atoms with E-state index in [0.29, 0.717) is 34.6 Å². The molecule has 0 bridgehead atoms. The van der Waals surface area contributed by atoms with E-state index in [-0.39, 0.29) is 12.5 Å². The number of hydrogen-bond donors (Lipinski definition) is 0. The molecule has 0 N–H and O–H groups in total. The van der Waals surface area contributed by atoms with Gasteiger partial charge in [-0.2, -0.15) is 0 Å². The van der Waals surface area contributed by atoms with Crippen LogP contribution < -0.4 is 0 Å². The fraction of sp³-hybridized carbons (Fsp3) is 0.182. The molecule has 0 spiro atoms. The number of thiazole rings is 1. The van der Waals surface area contributed by atoms with Gasteiger partial charge in [-0.1, -0.05) is 61.0 Å². The van der Waals surface area contributed by atoms with Gasteiger partial charge in [0.25, 0.3) is 5.91 Å². The van der Waals surface area contributed by atoms with Gasteiger partial charge in [-0.15, -0.1) is 21.5 Å². The largest absolute Gasteiger partial charge is 0.419 e. The SMILES string of the molecule is CCCN(Cc1nnc(-c2ccccc2Cl)o1)C(=O)c1csc(-c2ccccc2)n1. The molecule has 2 aromatic carbocycles. The zero-order valence-electron chi connectivity index (χ0n) is 16.3. The van der Waals surface area contributed by atoms with Crippen molar-refractivity contribution in [2.45, 2.75) is 19.9 Å². The second-order valence-electron chi connectivity index (χ2n) is 6.61. The number of hydrogen-bond acceptors (Lipinski definition) is 6. The van der Waals surface area contributed by atoms with E-state index in [1.54, 1.807) is 16.3 Å². The number of halogens is 1. The van der Waals surface area contributed by atoms with Crippen LogP contribution in [0.25, 0.3) is 22.0 Å². The van der Waals surface area contributed by atoms with Gasteiger partial charge < -0.3 is 9.32 Å². The third-order valence-corrected chi connectivity index (χ3v) is 5.64. The molecule has 4 aromatic rings. The lowest BCUT2D eigenvalue weighted by atomic mass is 10.2. The number of carbonyl (C=O) groups excluding carboxylic acids is 1. The van der Waals surface area contributed by atoms with Crippen LogP contribution >= 0.6 is 22.9 Å². The Bertz CT molecular complexity index is 1140. The molecule has 30 heavy (non-hydrogen) atoms. The van der Waals surface area contributed by atoms with Crippen LogP contribution in [0.1, 0.15) is 29.7 Å². The zero-order valence-corrected chi connectivity index (χ0v) is 17.9. The van der Waals surface area contributed by atoms with Crippen LogP contribution in [0.2, 0.25) is 5.02 Å². The first-order chi connectivity index (χ1) is 14.7. The van der Waals surface area contributed by atoms with Crippen molar-refractivity contribution in [3.05, 3.63) is 76.6 Å². The van der Waals surface area contributed by atoms with Gasteiger partial charge in [0.05, 0.1) is 17.1 Å². The summed E-state index contributed by atoms with van der Waals surface area (Å²) < 4.78 is 5.77. The molecule has 0 aliphatic carbocycles. The lowest BCUT2D eigenvalue weighted by Crippen LogP contribution is -2.31. The average molecular weight is 439 g/mol. The molecule has 4 rings (SSSR count). The summed E-state index contributed by atoms with van der Waals surface area (Å²) >= 11 is 7.66. The van der Waals surface area contributed by atoms with Crippen molar-refractivity contribution in [2.24, 2.45) is 0 Å². The maximum atomic E-state index is 13.1. The van der Waals surface area contributed by atoms with Crippen molar-refractivity contribution < 1.29 is 9.21 Å². The lowest BCUT2D eigenvalue weighted by Gasteiger charge is -2.19. The third-order valence-electron chi connectivity index (χ3n) is 4.42. The van der Waals surface area contributed by atoms with Crippen molar-refractivity contribution in [1.82, 2.24) is 20.1 Å². The van der Waals surface area contributed by atoms with Gasteiger partial charge in [0, 0.05) is 17.5 Å². The number of nitrogens with zero attached hydrogens (tertiary/aromatic N) is 4. The highest BCUT2D eigenvalue weighted by Crippen LogP contribution is 2.27. The first-order valence-corrected chi connectivity index (χ1v) is 10.8. The number of amides is 1. The van der Waals surface area contributed by atoms with Crippen molar-refractivity contribution >= 4 is 28.8 Å². The molecular weight excluding hydrogens is 420 g/mol. The average Bonchev–Trinajstić information content (AvgIpc) is 3.44. The normalized spacial score (nSPS) is 10.9. The standard InChI is InChI=1S/C22H19ClN4O2S/c1-2-12-27(13-19-25-26-20(29-19)16-10-6-7-11-17(16)23)22(28)18-14-30-21(24-18)15-8-4-3-5-9-15/h3-11,14H,2,12-13H2,1H3. The highest BCUT2D eigenvalue weighted by molar-refractivity contribution is 7.13. The topological polar surface area (TPSA) is 72.1 Å². The maximum absolute atomic E-state index is 13.1. The predicted molar refractivity (Wildman–Crippen MR) is 117 cm³/mol. The van der Waals surface area contributed by atoms with Crippen LogP contribution in [-0.2, 0) is 6.54 Å². The molecule has 0 radical (unpaired) electrons. The van der Waals surface area contributed by atoms with Gasteiger partial charge in [-0.3, -0.25) is 4.79 Å². The number of aromatic nitrogens is 3. The molecule has 6 nitrogen and oxygen atoms in total. The van der Waals surface area contributed by atoms with E-state index in [9.17, 15) is 4.79 Å². The quantitative estimate of drug-likeness (QED) is 0.377. The lowest BCUT2D eigenvalue weighted by molar-refractivity contribution is 0.0723. The Kier molecular flexibility index (Phi) is 6.21. The number of carbonyl (C=O) groups is 1. The van der Waals surface area contributed by atoms with Crippen LogP contribution in [0.3, 0.4) is 0 Å². The summed E-state index contributed by atoms with van der Waals surface area (Å²) in [6.07, 6.45) is 0.799. The summed E-state index contributed by atoms with van der Waals surface area (Å²) in [6, 6.07) is 17.1. The van der Waals surface area contributed by atoms with E-state index >= 15 is 0 Å². The minimum Gasteiger partial charge on any atom is -0.419 e. The maximum Gasteiger partial charge on any atom is 0.273 e. The summed E-state index contributed by atoms with van der Waals surface area (Å²) in [5, 5.41) is 11.3. The molecule has 1 amide bonds. The van der Waals surface area contributed by atoms with Gasteiger partial charge in [0.1, 0.15) is 10.7 Å². The highest BCUT2D eigenvalue weighted by Gasteiger charge is 2.22. The van der Waals surface area contributed by atoms with Crippen LogP contribution in [0.15, 0.2) is 64.4 Å². The second kappa shape index (κ2) is 9.19. The molecule has 0 fully saturated rings. The van der Waals surface area contributed by atoms with Gasteiger partial charge in [-0.25, -0.2) is 4.98 Å². The Labute approximate surface area is 183 Å². The van der Waals surface area contributed by atoms with E-state index in [1.807, 2.05) is 55.5 Å². The summed E-state index contributed by atoms with van der Waals surface area (Å²) in [7, 11) is 0. The van der Waals surface area contributed by atoms with E-state index in [1.165, 1.54) is 11.3 Å². The van der Waals surface area contributed by atoms with Gasteiger partial charge in [-0.05, 0) is 18.6 Å². The highest BCUT2D eigenvalue weighted by atomic mass is 35.5. The fourth-order valence-corrected chi connectivity index (χ4v) is 4.01. The van der Waals surface area contributed by atoms with Crippen molar-refractivity contribution in [1.29, 1.82) is 0 Å². The zero-order chi connectivity index (χ0) is 20.9. The number of benzene rings is 2. The Hall–Kier alpha value is -3.03. The van der Waals surface area contributed by atoms with E-state index in [2.05, 4.69) is 15.2 Å². The minimum absolute atomic E-state index is 0.159. The smallest absolute Gasteiger partial charge is 0.273 e. The summed E-state index contributed by atoms with van der Waals surface area (Å²) in [5.74, 6) is 0.525. The summed E-state index contributed by atoms with van der Waals surface area (Å²) in [6.45, 7) is 2.78. The molecule has 152 valence electrons. The van der Waals surface area contributed by atoms with Crippen LogP contribution in [0.5, 0.6) is 0 Å². The van der Waals surface area contributed by atoms with Crippen LogP contribution in [0, 0.1) is 0 Å². The monoisotopic (exact) mass is 438 g/mol. The fourth-order valence-electron chi connectivity index (χ4n) is 2.99.